The molecule has 5 aromatic rings. The first-order chi connectivity index (χ1) is 26.9. The van der Waals surface area contributed by atoms with Gasteiger partial charge in [-0.2, -0.15) is 33.7 Å². The molecule has 0 aliphatic carbocycles. The zero-order valence-electron chi connectivity index (χ0n) is 29.6. The fourth-order valence-electron chi connectivity index (χ4n) is 5.40. The van der Waals surface area contributed by atoms with Crippen LogP contribution in [-0.4, -0.2) is 94.0 Å². The Morgan fingerprint density at radius 1 is 0.678 bits per heavy atom. The lowest BCUT2D eigenvalue weighted by molar-refractivity contribution is -0.114. The average Bonchev–Trinajstić information content (AvgIpc) is 3.07. The number of nitrogens with two attached hydrogens (primary N) is 1. The van der Waals surface area contributed by atoms with Crippen molar-refractivity contribution < 1.29 is 80.1 Å². The second-order valence-electron chi connectivity index (χ2n) is 12.2. The molecule has 0 aromatic heterocycles. The van der Waals surface area contributed by atoms with Crippen molar-refractivity contribution in [3.05, 3.63) is 77.9 Å². The number of nitrogen functional groups attached to an aromatic ring is 1. The number of halogens is 1. The number of phenolic OH excluding ortho intramolecular Hbond substituents is 2. The Morgan fingerprint density at radius 3 is 1.71 bits per heavy atom. The van der Waals surface area contributed by atoms with Gasteiger partial charge in [0.2, 0.25) is 5.91 Å². The Balaban J connectivity index is 0.000000288. The summed E-state index contributed by atoms with van der Waals surface area (Å²) in [7, 11) is -22.8. The molecule has 5 rings (SSSR count). The number of carbonyl (C=O) groups is 2. The second kappa shape index (κ2) is 16.8. The zero-order valence-corrected chi connectivity index (χ0v) is 34.4. The van der Waals surface area contributed by atoms with Crippen molar-refractivity contribution in [3.63, 3.8) is 0 Å². The van der Waals surface area contributed by atoms with Crippen LogP contribution in [0.4, 0.5) is 17.1 Å². The molecule has 0 bridgehead atoms. The maximum atomic E-state index is 12.7. The standard InChI is InChI=1S/C20H19ClN2O10S3.C12H11NO8S2/c21-5-6-34(26,27)10-11-1-3-12(4-2-11)20(25)23-13-7-14-16(35(28,29)30)9-15(22)19(24)18(14)17(8-13)36(31,32)33;1-6(14)13-10-4-8(22(16,17)18)2-7-3-9(23(19,20)21)5-11(15)12(7)10/h1-4,7-9,24H,5-6,10,22H2,(H,23,25)(H,28,29,30)(H,31,32,33);2-5,15H,1H3,(H,13,14)(H,16,17,18)(H,19,20,21). The maximum Gasteiger partial charge on any atom is 0.295 e. The number of sulfone groups is 1. The molecule has 0 saturated heterocycles. The van der Waals surface area contributed by atoms with E-state index in [4.69, 9.17) is 26.4 Å². The number of anilines is 3. The lowest BCUT2D eigenvalue weighted by atomic mass is 10.1. The molecule has 0 saturated carbocycles. The molecular formula is C32H30ClN3O18S5. The van der Waals surface area contributed by atoms with Crippen LogP contribution >= 0.6 is 11.6 Å². The summed E-state index contributed by atoms with van der Waals surface area (Å²) >= 11 is 5.47. The van der Waals surface area contributed by atoms with Crippen molar-refractivity contribution in [3.8, 4) is 11.5 Å². The minimum atomic E-state index is -5.09. The molecule has 0 radical (unpaired) electrons. The first-order valence-electron chi connectivity index (χ1n) is 15.7. The summed E-state index contributed by atoms with van der Waals surface area (Å²) < 4.78 is 154. The van der Waals surface area contributed by atoms with E-state index in [1.807, 2.05) is 0 Å². The highest BCUT2D eigenvalue weighted by molar-refractivity contribution is 7.90. The van der Waals surface area contributed by atoms with Crippen LogP contribution in [0, 0.1) is 0 Å². The SMILES string of the molecule is CC(=O)Nc1cc(S(=O)(=O)O)cc2cc(S(=O)(=O)O)cc(O)c12.Nc1cc(S(=O)(=O)O)c2cc(NC(=O)c3ccc(CS(=O)(=O)CCCl)cc3)cc(S(=O)(=O)O)c2c1O. The van der Waals surface area contributed by atoms with Crippen LogP contribution in [-0.2, 0) is 60.9 Å². The van der Waals surface area contributed by atoms with Crippen molar-refractivity contribution >= 4 is 112 Å². The van der Waals surface area contributed by atoms with Crippen molar-refractivity contribution in [1.82, 2.24) is 0 Å². The number of carbonyl (C=O) groups excluding carboxylic acids is 2. The number of amides is 2. The number of alkyl halides is 1. The van der Waals surface area contributed by atoms with Gasteiger partial charge < -0.3 is 26.6 Å². The molecule has 0 fully saturated rings. The molecule has 2 amide bonds. The van der Waals surface area contributed by atoms with Gasteiger partial charge in [-0.05, 0) is 59.5 Å². The van der Waals surface area contributed by atoms with E-state index in [0.29, 0.717) is 11.6 Å². The normalized spacial score (nSPS) is 12.4. The summed E-state index contributed by atoms with van der Waals surface area (Å²) in [5, 5.41) is 23.4. The number of fused-ring (bicyclic) bond motifs is 2. The molecule has 0 atom stereocenters. The van der Waals surface area contributed by atoms with Gasteiger partial charge in [-0.3, -0.25) is 27.8 Å². The molecule has 0 unspecified atom stereocenters. The molecule has 21 nitrogen and oxygen atoms in total. The quantitative estimate of drug-likeness (QED) is 0.0397. The van der Waals surface area contributed by atoms with E-state index in [1.165, 1.54) is 24.3 Å². The lowest BCUT2D eigenvalue weighted by Crippen LogP contribution is -2.14. The number of hydrogen-bond donors (Lipinski definition) is 9. The molecule has 10 N–H and O–H groups in total. The summed E-state index contributed by atoms with van der Waals surface area (Å²) in [5.41, 5.74) is 4.90. The van der Waals surface area contributed by atoms with Gasteiger partial charge in [0.15, 0.2) is 9.84 Å². The van der Waals surface area contributed by atoms with Gasteiger partial charge in [0.05, 0.1) is 32.7 Å². The smallest absolute Gasteiger partial charge is 0.295 e. The van der Waals surface area contributed by atoms with E-state index in [1.54, 1.807) is 0 Å². The molecule has 0 spiro atoms. The largest absolute Gasteiger partial charge is 0.507 e. The number of hydrogen-bond acceptors (Lipinski definition) is 15. The third-order valence-corrected chi connectivity index (χ3v) is 13.3. The second-order valence-corrected chi connectivity index (χ2v) is 20.4. The van der Waals surface area contributed by atoms with Gasteiger partial charge in [-0.15, -0.1) is 11.6 Å². The Hall–Kier alpha value is -5.16. The third-order valence-electron chi connectivity index (χ3n) is 7.85. The van der Waals surface area contributed by atoms with Crippen LogP contribution in [0.3, 0.4) is 0 Å². The van der Waals surface area contributed by atoms with Crippen LogP contribution in [0.2, 0.25) is 0 Å². The van der Waals surface area contributed by atoms with Gasteiger partial charge >= 0.3 is 0 Å². The highest BCUT2D eigenvalue weighted by atomic mass is 35.5. The van der Waals surface area contributed by atoms with Crippen molar-refractivity contribution in [1.29, 1.82) is 0 Å². The topological polar surface area (TPSA) is 376 Å². The van der Waals surface area contributed by atoms with Crippen molar-refractivity contribution in [2.75, 3.05) is 28.0 Å². The summed E-state index contributed by atoms with van der Waals surface area (Å²) in [6.45, 7) is 1.13. The van der Waals surface area contributed by atoms with Gasteiger partial charge in [-0.25, -0.2) is 8.42 Å². The molecular weight excluding hydrogens is 910 g/mol. The Bertz CT molecular complexity index is 3120. The molecule has 318 valence electrons. The number of benzene rings is 5. The molecule has 0 aliphatic heterocycles. The summed E-state index contributed by atoms with van der Waals surface area (Å²) in [4.78, 5) is 20.8. The first-order valence-corrected chi connectivity index (χ1v) is 23.8. The van der Waals surface area contributed by atoms with Crippen molar-refractivity contribution in [2.24, 2.45) is 0 Å². The van der Waals surface area contributed by atoms with E-state index in [0.717, 1.165) is 43.3 Å². The molecule has 5 aromatic carbocycles. The summed E-state index contributed by atoms with van der Waals surface area (Å²) in [6.07, 6.45) is 0. The van der Waals surface area contributed by atoms with Gasteiger partial charge in [-0.1, -0.05) is 12.1 Å². The average molecular weight is 940 g/mol. The van der Waals surface area contributed by atoms with E-state index in [2.05, 4.69) is 10.6 Å². The fraction of sp³-hybridized carbons (Fsp3) is 0.125. The Morgan fingerprint density at radius 2 is 1.22 bits per heavy atom. The van der Waals surface area contributed by atoms with Crippen LogP contribution in [0.5, 0.6) is 11.5 Å². The van der Waals surface area contributed by atoms with Crippen LogP contribution in [0.25, 0.3) is 21.5 Å². The minimum Gasteiger partial charge on any atom is -0.507 e. The van der Waals surface area contributed by atoms with Gasteiger partial charge in [0.1, 0.15) is 21.3 Å². The van der Waals surface area contributed by atoms with E-state index >= 15 is 0 Å². The Kier molecular flexibility index (Phi) is 13.3. The van der Waals surface area contributed by atoms with Gasteiger partial charge in [0, 0.05) is 46.3 Å². The molecule has 0 heterocycles. The maximum absolute atomic E-state index is 12.7. The monoisotopic (exact) mass is 939 g/mol. The number of nitrogens with one attached hydrogen (secondary N) is 2. The number of rotatable bonds is 11. The van der Waals surface area contributed by atoms with Crippen LogP contribution < -0.4 is 16.4 Å². The van der Waals surface area contributed by atoms with Crippen LogP contribution in [0.1, 0.15) is 22.8 Å². The number of aromatic hydroxyl groups is 2. The van der Waals surface area contributed by atoms with E-state index in [-0.39, 0.29) is 45.1 Å². The van der Waals surface area contributed by atoms with Crippen LogP contribution in [0.15, 0.2) is 86.3 Å². The molecule has 59 heavy (non-hydrogen) atoms. The fourth-order valence-corrected chi connectivity index (χ4v) is 9.72. The first kappa shape index (κ1) is 46.5. The predicted octanol–water partition coefficient (Wildman–Crippen LogP) is 3.02. The zero-order chi connectivity index (χ0) is 44.6. The molecule has 27 heteroatoms. The highest BCUT2D eigenvalue weighted by Crippen LogP contribution is 2.41. The Labute approximate surface area is 340 Å². The highest BCUT2D eigenvalue weighted by Gasteiger charge is 2.27. The lowest BCUT2D eigenvalue weighted by Gasteiger charge is -2.14. The predicted molar refractivity (Wildman–Crippen MR) is 212 cm³/mol. The van der Waals surface area contributed by atoms with Crippen molar-refractivity contribution in [2.45, 2.75) is 32.3 Å². The van der Waals surface area contributed by atoms with Gasteiger partial charge in [0.25, 0.3) is 46.4 Å². The summed E-state index contributed by atoms with van der Waals surface area (Å²) in [6, 6.07) is 11.2. The number of phenols is 2. The summed E-state index contributed by atoms with van der Waals surface area (Å²) in [5.74, 6) is -3.46. The van der Waals surface area contributed by atoms with E-state index < -0.39 is 110 Å². The minimum absolute atomic E-state index is 0.0251. The van der Waals surface area contributed by atoms with E-state index in [9.17, 15) is 71.0 Å². The third kappa shape index (κ3) is 11.3. The molecule has 0 aliphatic rings.